The van der Waals surface area contributed by atoms with Crippen molar-refractivity contribution in [1.82, 2.24) is 15.5 Å². The van der Waals surface area contributed by atoms with Gasteiger partial charge in [0.1, 0.15) is 5.75 Å². The fourth-order valence-corrected chi connectivity index (χ4v) is 2.27. The number of nitrogens with zero attached hydrogens (tertiary/aromatic N) is 2. The van der Waals surface area contributed by atoms with Gasteiger partial charge >= 0.3 is 0 Å². The van der Waals surface area contributed by atoms with Gasteiger partial charge in [0.25, 0.3) is 0 Å². The van der Waals surface area contributed by atoms with Gasteiger partial charge in [-0.25, -0.2) is 0 Å². The SMILES string of the molecule is CCNC(=NCCC(=O)N(C)C)NCCc1ccc(OC)cc1Cl. The molecule has 2 N–H and O–H groups in total. The number of nitrogens with one attached hydrogen (secondary N) is 2. The Morgan fingerprint density at radius 2 is 2.08 bits per heavy atom. The number of benzene rings is 1. The zero-order chi connectivity index (χ0) is 17.9. The lowest BCUT2D eigenvalue weighted by atomic mass is 10.1. The van der Waals surface area contributed by atoms with E-state index in [1.807, 2.05) is 25.1 Å². The molecular weight excluding hydrogens is 328 g/mol. The first kappa shape index (κ1) is 20.1. The molecule has 134 valence electrons. The molecule has 0 aliphatic rings. The fourth-order valence-electron chi connectivity index (χ4n) is 2.00. The van der Waals surface area contributed by atoms with Gasteiger partial charge in [0.2, 0.25) is 5.91 Å². The highest BCUT2D eigenvalue weighted by Crippen LogP contribution is 2.22. The van der Waals surface area contributed by atoms with Crippen molar-refractivity contribution in [1.29, 1.82) is 0 Å². The van der Waals surface area contributed by atoms with Crippen molar-refractivity contribution in [3.05, 3.63) is 28.8 Å². The van der Waals surface area contributed by atoms with Crippen molar-refractivity contribution in [2.24, 2.45) is 4.99 Å². The predicted molar refractivity (Wildman–Crippen MR) is 99.0 cm³/mol. The maximum absolute atomic E-state index is 11.6. The molecule has 1 aromatic rings. The Kier molecular flexibility index (Phi) is 9.01. The quantitative estimate of drug-likeness (QED) is 0.553. The molecule has 1 amide bonds. The molecule has 0 spiro atoms. The molecule has 0 fully saturated rings. The van der Waals surface area contributed by atoms with Crippen molar-refractivity contribution >= 4 is 23.5 Å². The molecule has 0 aromatic heterocycles. The van der Waals surface area contributed by atoms with Crippen LogP contribution in [0.2, 0.25) is 5.02 Å². The molecule has 0 bridgehead atoms. The normalized spacial score (nSPS) is 11.1. The van der Waals surface area contributed by atoms with Crippen molar-refractivity contribution in [3.8, 4) is 5.75 Å². The Bertz CT molecular complexity index is 562. The van der Waals surface area contributed by atoms with Crippen LogP contribution in [-0.2, 0) is 11.2 Å². The Morgan fingerprint density at radius 1 is 1.33 bits per heavy atom. The van der Waals surface area contributed by atoms with Crippen LogP contribution in [0.4, 0.5) is 0 Å². The second kappa shape index (κ2) is 10.8. The number of aliphatic imine (C=N–C) groups is 1. The minimum Gasteiger partial charge on any atom is -0.497 e. The van der Waals surface area contributed by atoms with Gasteiger partial charge in [-0.1, -0.05) is 17.7 Å². The van der Waals surface area contributed by atoms with E-state index in [0.29, 0.717) is 30.5 Å². The predicted octanol–water partition coefficient (Wildman–Crippen LogP) is 1.92. The summed E-state index contributed by atoms with van der Waals surface area (Å²) < 4.78 is 5.14. The third-order valence-corrected chi connectivity index (χ3v) is 3.74. The van der Waals surface area contributed by atoms with E-state index in [9.17, 15) is 4.79 Å². The zero-order valence-electron chi connectivity index (χ0n) is 14.9. The topological polar surface area (TPSA) is 66.0 Å². The molecule has 0 aliphatic heterocycles. The lowest BCUT2D eigenvalue weighted by Gasteiger charge is -2.13. The van der Waals surface area contributed by atoms with E-state index < -0.39 is 0 Å². The summed E-state index contributed by atoms with van der Waals surface area (Å²) in [6.45, 7) is 3.91. The summed E-state index contributed by atoms with van der Waals surface area (Å²) in [6.07, 6.45) is 1.16. The van der Waals surface area contributed by atoms with Gasteiger partial charge in [0.05, 0.1) is 13.7 Å². The molecule has 0 saturated carbocycles. The number of amides is 1. The molecule has 0 unspecified atom stereocenters. The summed E-state index contributed by atoms with van der Waals surface area (Å²) in [4.78, 5) is 17.5. The van der Waals surface area contributed by atoms with Crippen LogP contribution in [0, 0.1) is 0 Å². The Hall–Kier alpha value is -1.95. The molecule has 0 radical (unpaired) electrons. The lowest BCUT2D eigenvalue weighted by molar-refractivity contribution is -0.128. The van der Waals surface area contributed by atoms with Crippen LogP contribution in [0.5, 0.6) is 5.75 Å². The van der Waals surface area contributed by atoms with Crippen LogP contribution < -0.4 is 15.4 Å². The van der Waals surface area contributed by atoms with E-state index in [-0.39, 0.29) is 5.91 Å². The average molecular weight is 355 g/mol. The molecule has 7 heteroatoms. The highest BCUT2D eigenvalue weighted by atomic mass is 35.5. The van der Waals surface area contributed by atoms with Gasteiger partial charge in [-0.3, -0.25) is 9.79 Å². The maximum Gasteiger partial charge on any atom is 0.223 e. The summed E-state index contributed by atoms with van der Waals surface area (Å²) >= 11 is 6.24. The second-order valence-corrected chi connectivity index (χ2v) is 5.84. The number of rotatable bonds is 8. The van der Waals surface area contributed by atoms with Crippen molar-refractivity contribution in [3.63, 3.8) is 0 Å². The average Bonchev–Trinajstić information content (AvgIpc) is 2.55. The number of methoxy groups -OCH3 is 1. The largest absolute Gasteiger partial charge is 0.497 e. The molecule has 0 aliphatic carbocycles. The summed E-state index contributed by atoms with van der Waals surface area (Å²) in [5.41, 5.74) is 1.05. The third-order valence-electron chi connectivity index (χ3n) is 3.39. The maximum atomic E-state index is 11.6. The molecule has 1 aromatic carbocycles. The molecule has 24 heavy (non-hydrogen) atoms. The molecule has 6 nitrogen and oxygen atoms in total. The smallest absolute Gasteiger partial charge is 0.223 e. The third kappa shape index (κ3) is 7.08. The van der Waals surface area contributed by atoms with Crippen LogP contribution in [0.1, 0.15) is 18.9 Å². The van der Waals surface area contributed by atoms with Gasteiger partial charge in [0, 0.05) is 38.6 Å². The van der Waals surface area contributed by atoms with Crippen LogP contribution in [0.15, 0.2) is 23.2 Å². The van der Waals surface area contributed by atoms with E-state index in [0.717, 1.165) is 24.3 Å². The zero-order valence-corrected chi connectivity index (χ0v) is 15.6. The first-order chi connectivity index (χ1) is 11.5. The Labute approximate surface area is 149 Å². The van der Waals surface area contributed by atoms with Crippen molar-refractivity contribution < 1.29 is 9.53 Å². The van der Waals surface area contributed by atoms with Crippen LogP contribution >= 0.6 is 11.6 Å². The number of ether oxygens (including phenoxy) is 1. The first-order valence-electron chi connectivity index (χ1n) is 8.02. The van der Waals surface area contributed by atoms with E-state index in [1.165, 1.54) is 0 Å². The molecule has 0 atom stereocenters. The van der Waals surface area contributed by atoms with E-state index in [1.54, 1.807) is 26.1 Å². The highest BCUT2D eigenvalue weighted by Gasteiger charge is 2.05. The summed E-state index contributed by atoms with van der Waals surface area (Å²) in [7, 11) is 5.11. The number of carbonyl (C=O) groups is 1. The number of carbonyl (C=O) groups excluding carboxylic acids is 1. The highest BCUT2D eigenvalue weighted by molar-refractivity contribution is 6.31. The summed E-state index contributed by atoms with van der Waals surface area (Å²) in [5, 5.41) is 7.11. The lowest BCUT2D eigenvalue weighted by Crippen LogP contribution is -2.38. The number of hydrogen-bond acceptors (Lipinski definition) is 3. The van der Waals surface area contributed by atoms with Crippen LogP contribution in [0.25, 0.3) is 0 Å². The summed E-state index contributed by atoms with van der Waals surface area (Å²) in [5.74, 6) is 1.52. The van der Waals surface area contributed by atoms with Gasteiger partial charge < -0.3 is 20.3 Å². The van der Waals surface area contributed by atoms with Gasteiger partial charge in [-0.15, -0.1) is 0 Å². The first-order valence-corrected chi connectivity index (χ1v) is 8.40. The van der Waals surface area contributed by atoms with E-state index >= 15 is 0 Å². The molecule has 0 saturated heterocycles. The van der Waals surface area contributed by atoms with Gasteiger partial charge in [-0.2, -0.15) is 0 Å². The van der Waals surface area contributed by atoms with Crippen molar-refractivity contribution in [2.45, 2.75) is 19.8 Å². The minimum absolute atomic E-state index is 0.0691. The van der Waals surface area contributed by atoms with Gasteiger partial charge in [-0.05, 0) is 31.0 Å². The van der Waals surface area contributed by atoms with Crippen LogP contribution in [0.3, 0.4) is 0 Å². The standard InChI is InChI=1S/C17H27ClN4O2/c1-5-19-17(21-11-9-16(23)22(2)3)20-10-8-13-6-7-14(24-4)12-15(13)18/h6-7,12H,5,8-11H2,1-4H3,(H2,19,20,21). The number of halogens is 1. The number of hydrogen-bond donors (Lipinski definition) is 2. The Morgan fingerprint density at radius 3 is 2.67 bits per heavy atom. The summed E-state index contributed by atoms with van der Waals surface area (Å²) in [6, 6.07) is 5.67. The van der Waals surface area contributed by atoms with E-state index in [2.05, 4.69) is 15.6 Å². The number of guanidine groups is 1. The van der Waals surface area contributed by atoms with Crippen LogP contribution in [-0.4, -0.2) is 57.6 Å². The Balaban J connectivity index is 2.50. The molecule has 0 heterocycles. The van der Waals surface area contributed by atoms with Gasteiger partial charge in [0.15, 0.2) is 5.96 Å². The van der Waals surface area contributed by atoms with Crippen molar-refractivity contribution in [2.75, 3.05) is 40.8 Å². The monoisotopic (exact) mass is 354 g/mol. The minimum atomic E-state index is 0.0691. The molecule has 1 rings (SSSR count). The second-order valence-electron chi connectivity index (χ2n) is 5.43. The van der Waals surface area contributed by atoms with E-state index in [4.69, 9.17) is 16.3 Å². The molecular formula is C17H27ClN4O2. The fraction of sp³-hybridized carbons (Fsp3) is 0.529.